The topological polar surface area (TPSA) is 84.4 Å². The highest BCUT2D eigenvalue weighted by atomic mass is 127. The number of nitrogens with zero attached hydrogens (tertiary/aromatic N) is 5. The molecular formula is C13H20IN7. The van der Waals surface area contributed by atoms with Crippen LogP contribution in [-0.2, 0) is 13.6 Å². The number of anilines is 2. The van der Waals surface area contributed by atoms with E-state index in [0.717, 1.165) is 11.6 Å². The zero-order chi connectivity index (χ0) is 14.5. The molecule has 0 saturated heterocycles. The summed E-state index contributed by atoms with van der Waals surface area (Å²) in [6, 6.07) is 5.56. The summed E-state index contributed by atoms with van der Waals surface area (Å²) in [6.07, 6.45) is 3.49. The van der Waals surface area contributed by atoms with Crippen LogP contribution in [0, 0.1) is 0 Å². The third kappa shape index (κ3) is 4.59. The van der Waals surface area contributed by atoms with Crippen LogP contribution >= 0.6 is 24.0 Å². The van der Waals surface area contributed by atoms with Crippen molar-refractivity contribution in [2.75, 3.05) is 24.3 Å². The highest BCUT2D eigenvalue weighted by molar-refractivity contribution is 14.0. The predicted molar refractivity (Wildman–Crippen MR) is 96.1 cm³/mol. The largest absolute Gasteiger partial charge is 0.370 e. The summed E-state index contributed by atoms with van der Waals surface area (Å²) in [5.74, 6) is 1.88. The quantitative estimate of drug-likeness (QED) is 0.460. The van der Waals surface area contributed by atoms with E-state index in [2.05, 4.69) is 20.3 Å². The van der Waals surface area contributed by atoms with Gasteiger partial charge in [-0.2, -0.15) is 0 Å². The molecule has 21 heavy (non-hydrogen) atoms. The van der Waals surface area contributed by atoms with E-state index in [1.165, 1.54) is 0 Å². The Labute approximate surface area is 141 Å². The van der Waals surface area contributed by atoms with Crippen molar-refractivity contribution in [3.63, 3.8) is 0 Å². The fourth-order valence-electron chi connectivity index (χ4n) is 1.77. The van der Waals surface area contributed by atoms with Crippen LogP contribution in [0.4, 0.5) is 11.8 Å². The van der Waals surface area contributed by atoms with E-state index in [-0.39, 0.29) is 24.0 Å². The van der Waals surface area contributed by atoms with Crippen molar-refractivity contribution in [3.05, 3.63) is 36.3 Å². The number of aliphatic imine (C=N–C) groups is 1. The van der Waals surface area contributed by atoms with Gasteiger partial charge in [0.05, 0.1) is 18.4 Å². The summed E-state index contributed by atoms with van der Waals surface area (Å²) >= 11 is 0. The number of hydrogen-bond acceptors (Lipinski definition) is 4. The molecule has 2 heterocycles. The monoisotopic (exact) mass is 401 g/mol. The molecule has 0 spiro atoms. The van der Waals surface area contributed by atoms with Crippen molar-refractivity contribution >= 4 is 41.7 Å². The van der Waals surface area contributed by atoms with Crippen molar-refractivity contribution in [2.24, 2.45) is 17.8 Å². The molecule has 0 aromatic carbocycles. The second-order valence-electron chi connectivity index (χ2n) is 4.54. The summed E-state index contributed by atoms with van der Waals surface area (Å²) < 4.78 is 1.98. The fraction of sp³-hybridized carbons (Fsp3) is 0.308. The van der Waals surface area contributed by atoms with Gasteiger partial charge in [0.25, 0.3) is 0 Å². The Morgan fingerprint density at radius 1 is 1.38 bits per heavy atom. The van der Waals surface area contributed by atoms with Crippen LogP contribution in [0.3, 0.4) is 0 Å². The van der Waals surface area contributed by atoms with E-state index in [1.54, 1.807) is 12.4 Å². The molecule has 0 unspecified atom stereocenters. The van der Waals surface area contributed by atoms with E-state index >= 15 is 0 Å². The van der Waals surface area contributed by atoms with Crippen molar-refractivity contribution < 1.29 is 0 Å². The molecular weight excluding hydrogens is 381 g/mol. The minimum Gasteiger partial charge on any atom is -0.370 e. The number of guanidine groups is 1. The van der Waals surface area contributed by atoms with Gasteiger partial charge in [0, 0.05) is 27.3 Å². The number of halogens is 1. The van der Waals surface area contributed by atoms with E-state index in [0.29, 0.717) is 18.3 Å². The van der Waals surface area contributed by atoms with Gasteiger partial charge < -0.3 is 20.5 Å². The molecule has 0 aliphatic carbocycles. The molecule has 2 aromatic rings. The Hall–Kier alpha value is -1.84. The molecule has 0 amide bonds. The van der Waals surface area contributed by atoms with E-state index in [4.69, 9.17) is 5.73 Å². The predicted octanol–water partition coefficient (Wildman–Crippen LogP) is 1.43. The number of aromatic nitrogens is 3. The van der Waals surface area contributed by atoms with Gasteiger partial charge in [0.1, 0.15) is 5.82 Å². The van der Waals surface area contributed by atoms with Crippen molar-refractivity contribution in [1.82, 2.24) is 14.5 Å². The smallest absolute Gasteiger partial charge is 0.204 e. The Balaban J connectivity index is 0.00000220. The average Bonchev–Trinajstić information content (AvgIpc) is 2.79. The highest BCUT2D eigenvalue weighted by Gasteiger charge is 2.07. The molecule has 114 valence electrons. The molecule has 2 aromatic heterocycles. The van der Waals surface area contributed by atoms with Gasteiger partial charge in [-0.25, -0.2) is 15.0 Å². The first-order valence-electron chi connectivity index (χ1n) is 6.24. The third-order valence-corrected chi connectivity index (χ3v) is 2.79. The Kier molecular flexibility index (Phi) is 6.40. The molecule has 2 rings (SSSR count). The molecule has 8 heteroatoms. The van der Waals surface area contributed by atoms with E-state index in [1.807, 2.05) is 48.8 Å². The summed E-state index contributed by atoms with van der Waals surface area (Å²) in [6.45, 7) is 0.461. The van der Waals surface area contributed by atoms with Crippen LogP contribution in [-0.4, -0.2) is 34.6 Å². The lowest BCUT2D eigenvalue weighted by molar-refractivity contribution is 0.801. The first-order chi connectivity index (χ1) is 9.58. The first-order valence-corrected chi connectivity index (χ1v) is 6.24. The lowest BCUT2D eigenvalue weighted by Gasteiger charge is -2.12. The highest BCUT2D eigenvalue weighted by Crippen LogP contribution is 2.11. The number of pyridine rings is 1. The van der Waals surface area contributed by atoms with Crippen molar-refractivity contribution in [1.29, 1.82) is 0 Å². The van der Waals surface area contributed by atoms with Gasteiger partial charge in [-0.3, -0.25) is 0 Å². The number of nitrogens with one attached hydrogen (secondary N) is 1. The molecule has 0 aliphatic rings. The zero-order valence-electron chi connectivity index (χ0n) is 12.3. The van der Waals surface area contributed by atoms with Gasteiger partial charge in [0.15, 0.2) is 5.96 Å². The molecule has 0 fully saturated rings. The van der Waals surface area contributed by atoms with Gasteiger partial charge in [0.2, 0.25) is 5.95 Å². The minimum atomic E-state index is 0. The number of rotatable bonds is 4. The van der Waals surface area contributed by atoms with Gasteiger partial charge in [-0.15, -0.1) is 24.0 Å². The number of nitrogens with two attached hydrogens (primary N) is 1. The van der Waals surface area contributed by atoms with E-state index < -0.39 is 0 Å². The van der Waals surface area contributed by atoms with Crippen molar-refractivity contribution in [3.8, 4) is 0 Å². The van der Waals surface area contributed by atoms with Gasteiger partial charge in [-0.1, -0.05) is 6.07 Å². The Bertz CT molecular complexity index is 592. The zero-order valence-corrected chi connectivity index (χ0v) is 14.6. The maximum atomic E-state index is 5.83. The second kappa shape index (κ2) is 7.81. The summed E-state index contributed by atoms with van der Waals surface area (Å²) in [5, 5.41) is 2.94. The molecule has 0 radical (unpaired) electrons. The normalized spacial score (nSPS) is 10.9. The van der Waals surface area contributed by atoms with Crippen LogP contribution in [0.25, 0.3) is 0 Å². The van der Waals surface area contributed by atoms with Crippen LogP contribution < -0.4 is 16.0 Å². The summed E-state index contributed by atoms with van der Waals surface area (Å²) in [5.41, 5.74) is 6.81. The number of hydrogen-bond donors (Lipinski definition) is 2. The molecule has 0 atom stereocenters. The number of imidazole rings is 1. The molecule has 3 N–H and O–H groups in total. The van der Waals surface area contributed by atoms with Crippen LogP contribution in [0.2, 0.25) is 0 Å². The average molecular weight is 401 g/mol. The maximum absolute atomic E-state index is 5.83. The maximum Gasteiger partial charge on any atom is 0.204 e. The van der Waals surface area contributed by atoms with Crippen molar-refractivity contribution in [2.45, 2.75) is 6.54 Å². The Morgan fingerprint density at radius 3 is 2.71 bits per heavy atom. The fourth-order valence-corrected chi connectivity index (χ4v) is 1.77. The van der Waals surface area contributed by atoms with Gasteiger partial charge in [-0.05, 0) is 12.1 Å². The SMILES string of the molecule is CN(C)c1ncc(CN=C(N)Nc2ccccn2)n1C.I. The molecule has 7 nitrogen and oxygen atoms in total. The standard InChI is InChI=1S/C13H19N7.HI/c1-19(2)13-17-9-10(20(13)3)8-16-12(14)18-11-6-4-5-7-15-11;/h4-7,9H,8H2,1-3H3,(H3,14,15,16,18);1H. The molecule has 0 aliphatic heterocycles. The lowest BCUT2D eigenvalue weighted by Crippen LogP contribution is -2.23. The summed E-state index contributed by atoms with van der Waals surface area (Å²) in [4.78, 5) is 14.7. The first kappa shape index (κ1) is 17.2. The van der Waals surface area contributed by atoms with Crippen LogP contribution in [0.5, 0.6) is 0 Å². The molecule has 0 bridgehead atoms. The Morgan fingerprint density at radius 2 is 2.14 bits per heavy atom. The second-order valence-corrected chi connectivity index (χ2v) is 4.54. The molecule has 0 saturated carbocycles. The van der Waals surface area contributed by atoms with Crippen LogP contribution in [0.15, 0.2) is 35.6 Å². The van der Waals surface area contributed by atoms with Crippen LogP contribution in [0.1, 0.15) is 5.69 Å². The van der Waals surface area contributed by atoms with E-state index in [9.17, 15) is 0 Å². The lowest BCUT2D eigenvalue weighted by atomic mass is 10.4. The summed E-state index contributed by atoms with van der Waals surface area (Å²) in [7, 11) is 5.86. The minimum absolute atomic E-state index is 0. The third-order valence-electron chi connectivity index (χ3n) is 2.79. The van der Waals surface area contributed by atoms with Gasteiger partial charge >= 0.3 is 0 Å².